The second-order valence-electron chi connectivity index (χ2n) is 4.87. The van der Waals surface area contributed by atoms with Gasteiger partial charge in [-0.3, -0.25) is 4.79 Å². The summed E-state index contributed by atoms with van der Waals surface area (Å²) in [6.07, 6.45) is 0.755. The molecule has 0 fully saturated rings. The Morgan fingerprint density at radius 2 is 2.05 bits per heavy atom. The molecule has 0 unspecified atom stereocenters. The topological polar surface area (TPSA) is 72.5 Å². The van der Waals surface area contributed by atoms with Crippen molar-refractivity contribution in [3.63, 3.8) is 0 Å². The third-order valence-electron chi connectivity index (χ3n) is 2.75. The van der Waals surface area contributed by atoms with E-state index in [0.717, 1.165) is 25.7 Å². The van der Waals surface area contributed by atoms with Gasteiger partial charge >= 0.3 is 0 Å². The molecule has 21 heavy (non-hydrogen) atoms. The van der Waals surface area contributed by atoms with Crippen LogP contribution in [0.1, 0.15) is 30.6 Å². The number of methoxy groups -OCH3 is 1. The van der Waals surface area contributed by atoms with Crippen molar-refractivity contribution in [1.29, 1.82) is 0 Å². The number of amides is 1. The standard InChI is InChI=1S/C13H17ClFNO4S/c1-8(2)4-5-16-13(17)9-6-10(15)12(20-3)11(7-9)21(14,18)19/h6-8H,4-5H2,1-3H3,(H,16,17). The number of carbonyl (C=O) groups is 1. The van der Waals surface area contributed by atoms with Gasteiger partial charge in [0.15, 0.2) is 11.6 Å². The van der Waals surface area contributed by atoms with Gasteiger partial charge in [0.2, 0.25) is 0 Å². The normalized spacial score (nSPS) is 11.5. The summed E-state index contributed by atoms with van der Waals surface area (Å²) in [6.45, 7) is 4.40. The van der Waals surface area contributed by atoms with Crippen molar-refractivity contribution in [2.45, 2.75) is 25.2 Å². The summed E-state index contributed by atoms with van der Waals surface area (Å²) in [5, 5.41) is 2.59. The van der Waals surface area contributed by atoms with Crippen LogP contribution in [-0.2, 0) is 9.05 Å². The van der Waals surface area contributed by atoms with Gasteiger partial charge in [0, 0.05) is 22.8 Å². The predicted octanol–water partition coefficient (Wildman–Crippen LogP) is 2.54. The first-order valence-electron chi connectivity index (χ1n) is 6.27. The zero-order valence-corrected chi connectivity index (χ0v) is 13.5. The number of nitrogens with one attached hydrogen (secondary N) is 1. The van der Waals surface area contributed by atoms with E-state index in [9.17, 15) is 17.6 Å². The molecular weight excluding hydrogens is 321 g/mol. The zero-order chi connectivity index (χ0) is 16.2. The summed E-state index contributed by atoms with van der Waals surface area (Å²) >= 11 is 0. The predicted molar refractivity (Wildman–Crippen MR) is 77.8 cm³/mol. The Kier molecular flexibility index (Phi) is 5.98. The molecule has 1 aromatic carbocycles. The molecule has 1 N–H and O–H groups in total. The van der Waals surface area contributed by atoms with Crippen molar-refractivity contribution in [3.8, 4) is 5.75 Å². The molecule has 0 heterocycles. The van der Waals surface area contributed by atoms with Gasteiger partial charge in [0.1, 0.15) is 4.90 Å². The van der Waals surface area contributed by atoms with Crippen molar-refractivity contribution < 1.29 is 22.3 Å². The first-order chi connectivity index (χ1) is 9.66. The number of hydrogen-bond donors (Lipinski definition) is 1. The number of carbonyl (C=O) groups excluding carboxylic acids is 1. The molecule has 0 saturated heterocycles. The number of hydrogen-bond acceptors (Lipinski definition) is 4. The van der Waals surface area contributed by atoms with Crippen LogP contribution in [0.3, 0.4) is 0 Å². The van der Waals surface area contributed by atoms with E-state index in [0.29, 0.717) is 12.5 Å². The Bertz CT molecular complexity index is 631. The van der Waals surface area contributed by atoms with E-state index in [4.69, 9.17) is 10.7 Å². The van der Waals surface area contributed by atoms with Gasteiger partial charge in [0.25, 0.3) is 15.0 Å². The highest BCUT2D eigenvalue weighted by molar-refractivity contribution is 8.13. The van der Waals surface area contributed by atoms with E-state index in [2.05, 4.69) is 10.1 Å². The fourth-order valence-corrected chi connectivity index (χ4v) is 2.67. The fraction of sp³-hybridized carbons (Fsp3) is 0.462. The first-order valence-corrected chi connectivity index (χ1v) is 8.58. The molecule has 0 radical (unpaired) electrons. The smallest absolute Gasteiger partial charge is 0.265 e. The molecule has 0 aromatic heterocycles. The second kappa shape index (κ2) is 7.09. The molecule has 5 nitrogen and oxygen atoms in total. The van der Waals surface area contributed by atoms with Gasteiger partial charge in [-0.05, 0) is 24.5 Å². The summed E-state index contributed by atoms with van der Waals surface area (Å²) in [4.78, 5) is 11.3. The van der Waals surface area contributed by atoms with Gasteiger partial charge in [-0.15, -0.1) is 0 Å². The molecule has 0 spiro atoms. The van der Waals surface area contributed by atoms with Crippen LogP contribution >= 0.6 is 10.7 Å². The molecule has 0 aliphatic rings. The van der Waals surface area contributed by atoms with E-state index in [1.165, 1.54) is 0 Å². The van der Waals surface area contributed by atoms with Gasteiger partial charge < -0.3 is 10.1 Å². The number of benzene rings is 1. The quantitative estimate of drug-likeness (QED) is 0.810. The van der Waals surface area contributed by atoms with Gasteiger partial charge in [0.05, 0.1) is 7.11 Å². The van der Waals surface area contributed by atoms with Crippen LogP contribution in [0.25, 0.3) is 0 Å². The van der Waals surface area contributed by atoms with Crippen LogP contribution in [0, 0.1) is 11.7 Å². The van der Waals surface area contributed by atoms with Gasteiger partial charge in [-0.1, -0.05) is 13.8 Å². The fourth-order valence-electron chi connectivity index (χ4n) is 1.65. The van der Waals surface area contributed by atoms with Crippen LogP contribution < -0.4 is 10.1 Å². The Hall–Kier alpha value is -1.34. The maximum atomic E-state index is 13.8. The summed E-state index contributed by atoms with van der Waals surface area (Å²) < 4.78 is 41.4. The molecule has 0 saturated carbocycles. The lowest BCUT2D eigenvalue weighted by atomic mass is 10.1. The summed E-state index contributed by atoms with van der Waals surface area (Å²) in [5.74, 6) is -1.65. The minimum atomic E-state index is -4.23. The van der Waals surface area contributed by atoms with Crippen molar-refractivity contribution in [2.24, 2.45) is 5.92 Å². The Morgan fingerprint density at radius 3 is 2.52 bits per heavy atom. The molecule has 0 aliphatic heterocycles. The van der Waals surface area contributed by atoms with Crippen LogP contribution in [0.5, 0.6) is 5.75 Å². The Labute approximate surface area is 127 Å². The van der Waals surface area contributed by atoms with Crippen LogP contribution in [0.4, 0.5) is 4.39 Å². The van der Waals surface area contributed by atoms with Crippen molar-refractivity contribution >= 4 is 25.6 Å². The second-order valence-corrected chi connectivity index (χ2v) is 7.40. The lowest BCUT2D eigenvalue weighted by Gasteiger charge is -2.11. The van der Waals surface area contributed by atoms with E-state index < -0.39 is 31.4 Å². The molecule has 1 amide bonds. The molecule has 8 heteroatoms. The maximum absolute atomic E-state index is 13.8. The van der Waals surface area contributed by atoms with Crippen molar-refractivity contribution in [1.82, 2.24) is 5.32 Å². The maximum Gasteiger partial charge on any atom is 0.265 e. The first kappa shape index (κ1) is 17.7. The molecule has 1 aromatic rings. The SMILES string of the molecule is COc1c(F)cc(C(=O)NCCC(C)C)cc1S(=O)(=O)Cl. The minimum absolute atomic E-state index is 0.128. The largest absolute Gasteiger partial charge is 0.492 e. The summed E-state index contributed by atoms with van der Waals surface area (Å²) in [5.41, 5.74) is -0.128. The van der Waals surface area contributed by atoms with Crippen LogP contribution in [0.15, 0.2) is 17.0 Å². The van der Waals surface area contributed by atoms with Gasteiger partial charge in [-0.2, -0.15) is 0 Å². The van der Waals surface area contributed by atoms with E-state index in [-0.39, 0.29) is 5.56 Å². The van der Waals surface area contributed by atoms with Crippen molar-refractivity contribution in [3.05, 3.63) is 23.5 Å². The highest BCUT2D eigenvalue weighted by atomic mass is 35.7. The number of halogens is 2. The summed E-state index contributed by atoms with van der Waals surface area (Å²) in [6, 6.07) is 1.91. The van der Waals surface area contributed by atoms with Gasteiger partial charge in [-0.25, -0.2) is 12.8 Å². The monoisotopic (exact) mass is 337 g/mol. The van der Waals surface area contributed by atoms with E-state index in [1.54, 1.807) is 0 Å². The average Bonchev–Trinajstić information content (AvgIpc) is 2.36. The molecule has 118 valence electrons. The van der Waals surface area contributed by atoms with Crippen molar-refractivity contribution in [2.75, 3.05) is 13.7 Å². The highest BCUT2D eigenvalue weighted by Gasteiger charge is 2.23. The van der Waals surface area contributed by atoms with Crippen LogP contribution in [-0.4, -0.2) is 28.0 Å². The van der Waals surface area contributed by atoms with E-state index in [1.807, 2.05) is 13.8 Å². The number of ether oxygens (including phenoxy) is 1. The third-order valence-corrected chi connectivity index (χ3v) is 4.07. The Morgan fingerprint density at radius 1 is 1.43 bits per heavy atom. The third kappa shape index (κ3) is 4.86. The molecule has 1 rings (SSSR count). The molecule has 0 atom stereocenters. The van der Waals surface area contributed by atoms with Crippen LogP contribution in [0.2, 0.25) is 0 Å². The molecule has 0 aliphatic carbocycles. The summed E-state index contributed by atoms with van der Waals surface area (Å²) in [7, 11) is 2.12. The minimum Gasteiger partial charge on any atom is -0.492 e. The highest BCUT2D eigenvalue weighted by Crippen LogP contribution is 2.31. The average molecular weight is 338 g/mol. The number of rotatable bonds is 6. The Balaban J connectivity index is 3.10. The lowest BCUT2D eigenvalue weighted by molar-refractivity contribution is 0.0951. The lowest BCUT2D eigenvalue weighted by Crippen LogP contribution is -2.25. The molecule has 0 bridgehead atoms. The zero-order valence-electron chi connectivity index (χ0n) is 11.9. The van der Waals surface area contributed by atoms with E-state index >= 15 is 0 Å². The molecular formula is C13H17ClFNO4S.